The average molecular weight is 378 g/mol. The molecule has 146 valence electrons. The first-order chi connectivity index (χ1) is 13.3. The Morgan fingerprint density at radius 2 is 1.82 bits per heavy atom. The minimum atomic E-state index is -0.136. The number of carbonyl (C=O) groups is 2. The van der Waals surface area contributed by atoms with E-state index >= 15 is 0 Å². The molecular weight excluding hydrogens is 352 g/mol. The van der Waals surface area contributed by atoms with E-state index in [1.807, 2.05) is 74.7 Å². The largest absolute Gasteiger partial charge is 0.349 e. The van der Waals surface area contributed by atoms with Gasteiger partial charge in [-0.25, -0.2) is 4.98 Å². The second-order valence-electron chi connectivity index (χ2n) is 7.32. The standard InChI is InChI=1S/C22H26N4O2/c1-14(2)22(28)23-12-20-25-18-7-5-6-8-19(18)26(20)13-21(27)24-17-10-9-15(3)16(4)11-17/h5-11,14H,12-13H2,1-4H3,(H,23,28)(H,24,27). The molecule has 2 aromatic carbocycles. The molecule has 28 heavy (non-hydrogen) atoms. The van der Waals surface area contributed by atoms with Crippen molar-refractivity contribution in [2.45, 2.75) is 40.8 Å². The Hall–Kier alpha value is -3.15. The molecule has 0 unspecified atom stereocenters. The van der Waals surface area contributed by atoms with Gasteiger partial charge in [-0.15, -0.1) is 0 Å². The number of imidazole rings is 1. The van der Waals surface area contributed by atoms with Crippen molar-refractivity contribution in [3.05, 3.63) is 59.4 Å². The monoisotopic (exact) mass is 378 g/mol. The van der Waals surface area contributed by atoms with Gasteiger partial charge >= 0.3 is 0 Å². The van der Waals surface area contributed by atoms with E-state index in [1.54, 1.807) is 0 Å². The summed E-state index contributed by atoms with van der Waals surface area (Å²) >= 11 is 0. The van der Waals surface area contributed by atoms with E-state index in [1.165, 1.54) is 5.56 Å². The Labute approximate surface area is 165 Å². The van der Waals surface area contributed by atoms with Crippen LogP contribution in [0.15, 0.2) is 42.5 Å². The molecule has 3 aromatic rings. The highest BCUT2D eigenvalue weighted by atomic mass is 16.2. The van der Waals surface area contributed by atoms with Crippen LogP contribution in [0.25, 0.3) is 11.0 Å². The number of nitrogens with zero attached hydrogens (tertiary/aromatic N) is 2. The molecule has 2 N–H and O–H groups in total. The Balaban J connectivity index is 1.81. The molecule has 0 radical (unpaired) electrons. The number of anilines is 1. The minimum Gasteiger partial charge on any atom is -0.349 e. The number of aromatic nitrogens is 2. The molecular formula is C22H26N4O2. The summed E-state index contributed by atoms with van der Waals surface area (Å²) in [7, 11) is 0. The van der Waals surface area contributed by atoms with E-state index in [4.69, 9.17) is 0 Å². The van der Waals surface area contributed by atoms with E-state index in [0.717, 1.165) is 22.3 Å². The smallest absolute Gasteiger partial charge is 0.244 e. The Kier molecular flexibility index (Phi) is 5.78. The summed E-state index contributed by atoms with van der Waals surface area (Å²) in [6, 6.07) is 13.5. The molecule has 0 aliphatic rings. The Morgan fingerprint density at radius 3 is 2.54 bits per heavy atom. The first-order valence-electron chi connectivity index (χ1n) is 9.44. The van der Waals surface area contributed by atoms with Gasteiger partial charge in [-0.1, -0.05) is 32.0 Å². The van der Waals surface area contributed by atoms with Gasteiger partial charge in [0.15, 0.2) is 0 Å². The molecule has 2 amide bonds. The van der Waals surface area contributed by atoms with Crippen molar-refractivity contribution < 1.29 is 9.59 Å². The van der Waals surface area contributed by atoms with Crippen LogP contribution < -0.4 is 10.6 Å². The predicted molar refractivity (Wildman–Crippen MR) is 111 cm³/mol. The number of carbonyl (C=O) groups excluding carboxylic acids is 2. The van der Waals surface area contributed by atoms with Crippen molar-refractivity contribution in [1.82, 2.24) is 14.9 Å². The molecule has 1 heterocycles. The number of benzene rings is 2. The molecule has 0 atom stereocenters. The van der Waals surface area contributed by atoms with Gasteiger partial charge in [-0.3, -0.25) is 9.59 Å². The van der Waals surface area contributed by atoms with E-state index in [2.05, 4.69) is 15.6 Å². The van der Waals surface area contributed by atoms with Crippen molar-refractivity contribution in [1.29, 1.82) is 0 Å². The summed E-state index contributed by atoms with van der Waals surface area (Å²) in [6.07, 6.45) is 0. The number of fused-ring (bicyclic) bond motifs is 1. The number of hydrogen-bond donors (Lipinski definition) is 2. The molecule has 6 nitrogen and oxygen atoms in total. The van der Waals surface area contributed by atoms with Gasteiger partial charge < -0.3 is 15.2 Å². The predicted octanol–water partition coefficient (Wildman–Crippen LogP) is 3.56. The zero-order valence-electron chi connectivity index (χ0n) is 16.7. The highest BCUT2D eigenvalue weighted by Crippen LogP contribution is 2.18. The average Bonchev–Trinajstić information content (AvgIpc) is 3.00. The van der Waals surface area contributed by atoms with Gasteiger partial charge in [0.2, 0.25) is 11.8 Å². The van der Waals surface area contributed by atoms with Crippen molar-refractivity contribution in [3.8, 4) is 0 Å². The lowest BCUT2D eigenvalue weighted by atomic mass is 10.1. The molecule has 1 aromatic heterocycles. The summed E-state index contributed by atoms with van der Waals surface area (Å²) in [5.41, 5.74) is 4.75. The lowest BCUT2D eigenvalue weighted by Crippen LogP contribution is -2.29. The van der Waals surface area contributed by atoms with Gasteiger partial charge in [0.25, 0.3) is 0 Å². The van der Waals surface area contributed by atoms with Crippen LogP contribution in [0.4, 0.5) is 5.69 Å². The number of aryl methyl sites for hydroxylation is 2. The first kappa shape index (κ1) is 19.6. The Bertz CT molecular complexity index is 1020. The minimum absolute atomic E-state index is 0.0433. The summed E-state index contributed by atoms with van der Waals surface area (Å²) in [5, 5.41) is 5.83. The molecule has 6 heteroatoms. The fourth-order valence-electron chi connectivity index (χ4n) is 2.97. The number of hydrogen-bond acceptors (Lipinski definition) is 3. The molecule has 3 rings (SSSR count). The topological polar surface area (TPSA) is 76.0 Å². The number of rotatable bonds is 6. The van der Waals surface area contributed by atoms with Gasteiger partial charge in [-0.2, -0.15) is 0 Å². The van der Waals surface area contributed by atoms with Crippen LogP contribution in [0.1, 0.15) is 30.8 Å². The third kappa shape index (κ3) is 4.39. The normalized spacial score (nSPS) is 11.0. The fourth-order valence-corrected chi connectivity index (χ4v) is 2.97. The quantitative estimate of drug-likeness (QED) is 0.689. The number of para-hydroxylation sites is 2. The fraction of sp³-hybridized carbons (Fsp3) is 0.318. The van der Waals surface area contributed by atoms with Crippen LogP contribution in [0.2, 0.25) is 0 Å². The number of amides is 2. The summed E-state index contributed by atoms with van der Waals surface area (Å²) in [4.78, 5) is 29.2. The second kappa shape index (κ2) is 8.25. The van der Waals surface area contributed by atoms with Gasteiger partial charge in [0, 0.05) is 11.6 Å². The maximum atomic E-state index is 12.7. The van der Waals surface area contributed by atoms with Crippen molar-refractivity contribution in [2.75, 3.05) is 5.32 Å². The van der Waals surface area contributed by atoms with Gasteiger partial charge in [0.05, 0.1) is 17.6 Å². The second-order valence-corrected chi connectivity index (χ2v) is 7.32. The zero-order valence-corrected chi connectivity index (χ0v) is 16.7. The lowest BCUT2D eigenvalue weighted by molar-refractivity contribution is -0.124. The molecule has 0 fully saturated rings. The first-order valence-corrected chi connectivity index (χ1v) is 9.44. The Morgan fingerprint density at radius 1 is 1.07 bits per heavy atom. The van der Waals surface area contributed by atoms with E-state index < -0.39 is 0 Å². The maximum absolute atomic E-state index is 12.7. The van der Waals surface area contributed by atoms with Gasteiger partial charge in [-0.05, 0) is 49.2 Å². The third-order valence-corrected chi connectivity index (χ3v) is 4.77. The van der Waals surface area contributed by atoms with Crippen molar-refractivity contribution in [2.24, 2.45) is 5.92 Å². The van der Waals surface area contributed by atoms with E-state index in [9.17, 15) is 9.59 Å². The molecule has 0 spiro atoms. The molecule has 0 saturated carbocycles. The van der Waals surface area contributed by atoms with Crippen LogP contribution >= 0.6 is 0 Å². The van der Waals surface area contributed by atoms with Gasteiger partial charge in [0.1, 0.15) is 12.4 Å². The van der Waals surface area contributed by atoms with Crippen LogP contribution in [-0.4, -0.2) is 21.4 Å². The maximum Gasteiger partial charge on any atom is 0.244 e. The van der Waals surface area contributed by atoms with E-state index in [0.29, 0.717) is 5.82 Å². The zero-order chi connectivity index (χ0) is 20.3. The van der Waals surface area contributed by atoms with E-state index in [-0.39, 0.29) is 30.8 Å². The lowest BCUT2D eigenvalue weighted by Gasteiger charge is -2.12. The van der Waals surface area contributed by atoms with Crippen molar-refractivity contribution >= 4 is 28.5 Å². The third-order valence-electron chi connectivity index (χ3n) is 4.77. The van der Waals surface area contributed by atoms with Crippen LogP contribution in [0, 0.1) is 19.8 Å². The number of nitrogens with one attached hydrogen (secondary N) is 2. The van der Waals surface area contributed by atoms with Crippen molar-refractivity contribution in [3.63, 3.8) is 0 Å². The molecule has 0 aliphatic heterocycles. The van der Waals surface area contributed by atoms with Crippen LogP contribution in [0.5, 0.6) is 0 Å². The SMILES string of the molecule is Cc1ccc(NC(=O)Cn2c(CNC(=O)C(C)C)nc3ccccc32)cc1C. The molecule has 0 bridgehead atoms. The molecule has 0 aliphatic carbocycles. The van der Waals surface area contributed by atoms with Crippen LogP contribution in [0.3, 0.4) is 0 Å². The summed E-state index contributed by atoms with van der Waals surface area (Å²) < 4.78 is 1.85. The molecule has 0 saturated heterocycles. The summed E-state index contributed by atoms with van der Waals surface area (Å²) in [6.45, 7) is 8.15. The van der Waals surface area contributed by atoms with Crippen LogP contribution in [-0.2, 0) is 22.7 Å². The highest BCUT2D eigenvalue weighted by molar-refractivity contribution is 5.92. The summed E-state index contributed by atoms with van der Waals surface area (Å²) in [5.74, 6) is 0.373. The highest BCUT2D eigenvalue weighted by Gasteiger charge is 2.15.